The number of ether oxygens (including phenoxy) is 3. The first-order valence-corrected chi connectivity index (χ1v) is 11.0. The number of benzene rings is 3. The van der Waals surface area contributed by atoms with Crippen LogP contribution in [0.5, 0.6) is 17.2 Å². The van der Waals surface area contributed by atoms with Crippen molar-refractivity contribution < 1.29 is 19.0 Å². The molecule has 0 aliphatic carbocycles. The van der Waals surface area contributed by atoms with E-state index in [1.807, 2.05) is 37.3 Å². The summed E-state index contributed by atoms with van der Waals surface area (Å²) in [6.45, 7) is 2.52. The highest BCUT2D eigenvalue weighted by molar-refractivity contribution is 5.96. The standard InChI is InChI=1S/C26H26N4O5/c1-4-30-25(32)19-12-8-9-13-20(19)27-26(30)29-28-24(31)18-14-21(33-2)23(22(15-18)34-3)35-16-17-10-6-5-7-11-17/h5-15H,4,16H2,1-3H3,(H,27,29)(H,28,31). The first-order chi connectivity index (χ1) is 17.0. The second kappa shape index (κ2) is 10.6. The lowest BCUT2D eigenvalue weighted by Crippen LogP contribution is -2.34. The van der Waals surface area contributed by atoms with Crippen LogP contribution in [0.15, 0.2) is 71.5 Å². The molecule has 180 valence electrons. The topological polar surface area (TPSA) is 104 Å². The molecule has 4 aromatic rings. The highest BCUT2D eigenvalue weighted by atomic mass is 16.5. The Labute approximate surface area is 202 Å². The molecule has 0 unspecified atom stereocenters. The molecule has 1 aromatic heterocycles. The maximum absolute atomic E-state index is 13.0. The number of hydrazine groups is 1. The number of nitrogens with one attached hydrogen (secondary N) is 2. The largest absolute Gasteiger partial charge is 0.493 e. The van der Waals surface area contributed by atoms with E-state index in [1.54, 1.807) is 36.4 Å². The van der Waals surface area contributed by atoms with Crippen LogP contribution in [0.2, 0.25) is 0 Å². The van der Waals surface area contributed by atoms with Crippen molar-refractivity contribution in [2.75, 3.05) is 19.6 Å². The highest BCUT2D eigenvalue weighted by Gasteiger charge is 2.19. The smallest absolute Gasteiger partial charge is 0.269 e. The fourth-order valence-corrected chi connectivity index (χ4v) is 3.62. The van der Waals surface area contributed by atoms with E-state index in [4.69, 9.17) is 14.2 Å². The number of amides is 1. The molecule has 0 saturated carbocycles. The third-order valence-corrected chi connectivity index (χ3v) is 5.41. The van der Waals surface area contributed by atoms with Gasteiger partial charge in [-0.25, -0.2) is 4.98 Å². The predicted octanol–water partition coefficient (Wildman–Crippen LogP) is 3.77. The molecule has 3 aromatic carbocycles. The van der Waals surface area contributed by atoms with Crippen LogP contribution in [-0.4, -0.2) is 29.7 Å². The summed E-state index contributed by atoms with van der Waals surface area (Å²) in [6.07, 6.45) is 0. The Hall–Kier alpha value is -4.53. The van der Waals surface area contributed by atoms with Crippen molar-refractivity contribution in [3.05, 3.63) is 88.2 Å². The molecule has 9 nitrogen and oxygen atoms in total. The molecule has 1 amide bonds. The normalized spacial score (nSPS) is 10.6. The summed E-state index contributed by atoms with van der Waals surface area (Å²) in [5, 5.41) is 0.506. The van der Waals surface area contributed by atoms with E-state index < -0.39 is 5.91 Å². The molecule has 0 fully saturated rings. The highest BCUT2D eigenvalue weighted by Crippen LogP contribution is 2.39. The van der Waals surface area contributed by atoms with Gasteiger partial charge in [0.05, 0.1) is 25.1 Å². The molecule has 0 atom stereocenters. The van der Waals surface area contributed by atoms with Gasteiger partial charge in [0.2, 0.25) is 11.7 Å². The summed E-state index contributed by atoms with van der Waals surface area (Å²) in [6, 6.07) is 19.8. The molecule has 0 radical (unpaired) electrons. The Balaban J connectivity index is 1.56. The van der Waals surface area contributed by atoms with Gasteiger partial charge in [-0.1, -0.05) is 42.5 Å². The van der Waals surface area contributed by atoms with Gasteiger partial charge < -0.3 is 14.2 Å². The number of methoxy groups -OCH3 is 2. The number of rotatable bonds is 9. The minimum absolute atomic E-state index is 0.196. The van der Waals surface area contributed by atoms with E-state index in [1.165, 1.54) is 18.8 Å². The number of para-hydroxylation sites is 1. The summed E-state index contributed by atoms with van der Waals surface area (Å²) < 4.78 is 18.3. The summed E-state index contributed by atoms with van der Waals surface area (Å²) in [4.78, 5) is 30.2. The zero-order chi connectivity index (χ0) is 24.8. The van der Waals surface area contributed by atoms with E-state index in [2.05, 4.69) is 15.8 Å². The second-order valence-electron chi connectivity index (χ2n) is 7.57. The Kier molecular flexibility index (Phi) is 7.15. The van der Waals surface area contributed by atoms with Gasteiger partial charge in [0.25, 0.3) is 11.5 Å². The van der Waals surface area contributed by atoms with E-state index >= 15 is 0 Å². The number of nitrogens with zero attached hydrogens (tertiary/aromatic N) is 2. The minimum Gasteiger partial charge on any atom is -0.493 e. The third kappa shape index (κ3) is 5.03. The lowest BCUT2D eigenvalue weighted by molar-refractivity contribution is 0.0961. The molecule has 35 heavy (non-hydrogen) atoms. The number of hydrogen-bond donors (Lipinski definition) is 2. The van der Waals surface area contributed by atoms with E-state index in [-0.39, 0.29) is 17.1 Å². The minimum atomic E-state index is -0.471. The summed E-state index contributed by atoms with van der Waals surface area (Å²) in [5.74, 6) is 0.839. The van der Waals surface area contributed by atoms with Gasteiger partial charge in [-0.2, -0.15) is 0 Å². The van der Waals surface area contributed by atoms with E-state index in [0.717, 1.165) is 5.56 Å². The molecule has 0 aliphatic rings. The van der Waals surface area contributed by atoms with Gasteiger partial charge in [0.1, 0.15) is 6.61 Å². The van der Waals surface area contributed by atoms with Gasteiger partial charge in [-0.05, 0) is 36.8 Å². The van der Waals surface area contributed by atoms with Crippen LogP contribution in [0.4, 0.5) is 5.95 Å². The molecule has 4 rings (SSSR count). The van der Waals surface area contributed by atoms with E-state index in [0.29, 0.717) is 41.3 Å². The SMILES string of the molecule is CCn1c(NNC(=O)c2cc(OC)c(OCc3ccccc3)c(OC)c2)nc2ccccc2c1=O. The molecular weight excluding hydrogens is 448 g/mol. The monoisotopic (exact) mass is 474 g/mol. The van der Waals surface area contributed by atoms with Crippen molar-refractivity contribution in [2.24, 2.45) is 0 Å². The average molecular weight is 475 g/mol. The van der Waals surface area contributed by atoms with Crippen molar-refractivity contribution in [1.29, 1.82) is 0 Å². The Morgan fingerprint density at radius 2 is 1.63 bits per heavy atom. The Bertz CT molecular complexity index is 1380. The Morgan fingerprint density at radius 3 is 2.29 bits per heavy atom. The molecule has 2 N–H and O–H groups in total. The van der Waals surface area contributed by atoms with Gasteiger partial charge in [-0.3, -0.25) is 25.0 Å². The molecule has 0 spiro atoms. The Morgan fingerprint density at radius 1 is 0.971 bits per heavy atom. The number of aromatic nitrogens is 2. The van der Waals surface area contributed by atoms with Crippen molar-refractivity contribution in [3.63, 3.8) is 0 Å². The molecule has 0 saturated heterocycles. The molecule has 1 heterocycles. The quantitative estimate of drug-likeness (QED) is 0.356. The summed E-state index contributed by atoms with van der Waals surface area (Å²) >= 11 is 0. The number of anilines is 1. The van der Waals surface area contributed by atoms with Crippen LogP contribution in [0, 0.1) is 0 Å². The van der Waals surface area contributed by atoms with Gasteiger partial charge >= 0.3 is 0 Å². The van der Waals surface area contributed by atoms with Crippen LogP contribution >= 0.6 is 0 Å². The first kappa shape index (κ1) is 23.6. The van der Waals surface area contributed by atoms with Crippen LogP contribution < -0.4 is 30.6 Å². The van der Waals surface area contributed by atoms with Gasteiger partial charge in [0.15, 0.2) is 11.5 Å². The van der Waals surface area contributed by atoms with Gasteiger partial charge in [-0.15, -0.1) is 0 Å². The fraction of sp³-hybridized carbons (Fsp3) is 0.192. The van der Waals surface area contributed by atoms with Crippen LogP contribution in [-0.2, 0) is 13.2 Å². The van der Waals surface area contributed by atoms with Crippen LogP contribution in [0.3, 0.4) is 0 Å². The lowest BCUT2D eigenvalue weighted by Gasteiger charge is -2.17. The van der Waals surface area contributed by atoms with Crippen LogP contribution in [0.1, 0.15) is 22.8 Å². The van der Waals surface area contributed by atoms with Crippen molar-refractivity contribution in [3.8, 4) is 17.2 Å². The molecule has 9 heteroatoms. The number of fused-ring (bicyclic) bond motifs is 1. The first-order valence-electron chi connectivity index (χ1n) is 11.0. The molecule has 0 bridgehead atoms. The predicted molar refractivity (Wildman–Crippen MR) is 133 cm³/mol. The summed E-state index contributed by atoms with van der Waals surface area (Å²) in [7, 11) is 2.98. The van der Waals surface area contributed by atoms with Crippen molar-refractivity contribution in [2.45, 2.75) is 20.1 Å². The van der Waals surface area contributed by atoms with Crippen molar-refractivity contribution in [1.82, 2.24) is 15.0 Å². The fourth-order valence-electron chi connectivity index (χ4n) is 3.62. The maximum Gasteiger partial charge on any atom is 0.269 e. The van der Waals surface area contributed by atoms with Gasteiger partial charge in [0, 0.05) is 12.1 Å². The number of carbonyl (C=O) groups excluding carboxylic acids is 1. The zero-order valence-corrected chi connectivity index (χ0v) is 19.7. The molecule has 0 aliphatic heterocycles. The summed E-state index contributed by atoms with van der Waals surface area (Å²) in [5.41, 5.74) is 6.95. The lowest BCUT2D eigenvalue weighted by atomic mass is 10.1. The number of carbonyl (C=O) groups is 1. The third-order valence-electron chi connectivity index (χ3n) is 5.41. The molecular formula is C26H26N4O5. The maximum atomic E-state index is 13.0. The second-order valence-corrected chi connectivity index (χ2v) is 7.57. The van der Waals surface area contributed by atoms with Crippen molar-refractivity contribution >= 4 is 22.8 Å². The van der Waals surface area contributed by atoms with Crippen LogP contribution in [0.25, 0.3) is 10.9 Å². The van der Waals surface area contributed by atoms with E-state index in [9.17, 15) is 9.59 Å². The zero-order valence-electron chi connectivity index (χ0n) is 19.7. The average Bonchev–Trinajstić information content (AvgIpc) is 2.90. The number of hydrogen-bond acceptors (Lipinski definition) is 7.